The molecular formula is C17H15N5S. The van der Waals surface area contributed by atoms with E-state index in [2.05, 4.69) is 33.6 Å². The lowest BCUT2D eigenvalue weighted by molar-refractivity contribution is 0.897. The van der Waals surface area contributed by atoms with Gasteiger partial charge in [0, 0.05) is 17.9 Å². The summed E-state index contributed by atoms with van der Waals surface area (Å²) in [5, 5.41) is 18.7. The fraction of sp³-hybridized carbons (Fsp3) is 0.235. The van der Waals surface area contributed by atoms with Crippen molar-refractivity contribution in [2.75, 3.05) is 5.32 Å². The lowest BCUT2D eigenvalue weighted by Gasteiger charge is -2.13. The molecule has 1 aliphatic carbocycles. The van der Waals surface area contributed by atoms with Crippen molar-refractivity contribution in [1.82, 2.24) is 14.6 Å². The average molecular weight is 321 g/mol. The molecule has 1 fully saturated rings. The molecule has 0 aliphatic heterocycles. The Hall–Kier alpha value is -2.52. The Balaban J connectivity index is 1.73. The Morgan fingerprint density at radius 3 is 2.83 bits per heavy atom. The number of hydrogen-bond donors (Lipinski definition) is 1. The summed E-state index contributed by atoms with van der Waals surface area (Å²) < 4.78 is 1.71. The molecule has 2 heterocycles. The van der Waals surface area contributed by atoms with Gasteiger partial charge in [0.25, 0.3) is 0 Å². The summed E-state index contributed by atoms with van der Waals surface area (Å²) in [5.41, 5.74) is 2.50. The van der Waals surface area contributed by atoms with Crippen LogP contribution in [-0.2, 0) is 6.54 Å². The number of rotatable bonds is 5. The van der Waals surface area contributed by atoms with E-state index in [-0.39, 0.29) is 0 Å². The lowest BCUT2D eigenvalue weighted by atomic mass is 10.2. The van der Waals surface area contributed by atoms with E-state index in [1.54, 1.807) is 22.5 Å². The van der Waals surface area contributed by atoms with Gasteiger partial charge in [-0.1, -0.05) is 30.3 Å². The topological polar surface area (TPSA) is 66.0 Å². The van der Waals surface area contributed by atoms with Crippen LogP contribution in [0.2, 0.25) is 0 Å². The maximum Gasteiger partial charge on any atom is 0.158 e. The van der Waals surface area contributed by atoms with Crippen LogP contribution in [0.25, 0.3) is 5.65 Å². The minimum Gasteiger partial charge on any atom is -0.365 e. The van der Waals surface area contributed by atoms with Gasteiger partial charge < -0.3 is 5.32 Å². The van der Waals surface area contributed by atoms with E-state index in [9.17, 15) is 5.26 Å². The van der Waals surface area contributed by atoms with Crippen molar-refractivity contribution in [3.63, 3.8) is 0 Å². The molecule has 0 saturated heterocycles. The second-order valence-corrected chi connectivity index (χ2v) is 6.80. The number of thioether (sulfide) groups is 1. The number of aromatic nitrogens is 3. The predicted octanol–water partition coefficient (Wildman–Crippen LogP) is 3.47. The molecule has 0 spiro atoms. The van der Waals surface area contributed by atoms with Crippen molar-refractivity contribution in [2.45, 2.75) is 29.7 Å². The fourth-order valence-corrected chi connectivity index (χ4v) is 3.49. The van der Waals surface area contributed by atoms with E-state index in [4.69, 9.17) is 0 Å². The zero-order chi connectivity index (χ0) is 15.6. The highest BCUT2D eigenvalue weighted by molar-refractivity contribution is 8.00. The first-order valence-corrected chi connectivity index (χ1v) is 8.45. The highest BCUT2D eigenvalue weighted by Crippen LogP contribution is 2.41. The van der Waals surface area contributed by atoms with Crippen molar-refractivity contribution in [2.24, 2.45) is 0 Å². The van der Waals surface area contributed by atoms with Crippen LogP contribution in [0.1, 0.15) is 24.0 Å². The van der Waals surface area contributed by atoms with E-state index >= 15 is 0 Å². The van der Waals surface area contributed by atoms with Crippen LogP contribution < -0.4 is 5.32 Å². The highest BCUT2D eigenvalue weighted by atomic mass is 32.2. The van der Waals surface area contributed by atoms with Crippen LogP contribution in [0.3, 0.4) is 0 Å². The molecule has 1 aliphatic rings. The van der Waals surface area contributed by atoms with Gasteiger partial charge in [0.05, 0.1) is 6.20 Å². The van der Waals surface area contributed by atoms with Crippen LogP contribution in [0.15, 0.2) is 47.6 Å². The van der Waals surface area contributed by atoms with Crippen LogP contribution in [-0.4, -0.2) is 19.8 Å². The summed E-state index contributed by atoms with van der Waals surface area (Å²) in [6.45, 7) is 0.641. The third-order valence-corrected chi connectivity index (χ3v) is 5.04. The predicted molar refractivity (Wildman–Crippen MR) is 90.3 cm³/mol. The van der Waals surface area contributed by atoms with Gasteiger partial charge in [0.15, 0.2) is 11.5 Å². The van der Waals surface area contributed by atoms with Crippen LogP contribution >= 0.6 is 11.8 Å². The minimum atomic E-state index is 0.578. The molecule has 0 amide bonds. The molecule has 114 valence electrons. The summed E-state index contributed by atoms with van der Waals surface area (Å²) in [6.07, 6.45) is 4.12. The second kappa shape index (κ2) is 5.94. The first kappa shape index (κ1) is 14.1. The van der Waals surface area contributed by atoms with E-state index in [1.165, 1.54) is 12.8 Å². The van der Waals surface area contributed by atoms with Gasteiger partial charge in [-0.2, -0.15) is 14.9 Å². The monoisotopic (exact) mass is 321 g/mol. The number of anilines is 1. The van der Waals surface area contributed by atoms with E-state index in [0.717, 1.165) is 22.1 Å². The van der Waals surface area contributed by atoms with Crippen LogP contribution in [0.4, 0.5) is 5.82 Å². The number of hydrogen-bond acceptors (Lipinski definition) is 5. The molecule has 4 rings (SSSR count). The largest absolute Gasteiger partial charge is 0.365 e. The third kappa shape index (κ3) is 2.88. The smallest absolute Gasteiger partial charge is 0.158 e. The van der Waals surface area contributed by atoms with E-state index in [1.807, 2.05) is 24.3 Å². The van der Waals surface area contributed by atoms with Gasteiger partial charge in [-0.15, -0.1) is 11.8 Å². The van der Waals surface area contributed by atoms with Gasteiger partial charge in [0.1, 0.15) is 16.7 Å². The molecule has 23 heavy (non-hydrogen) atoms. The number of benzene rings is 1. The van der Waals surface area contributed by atoms with Crippen LogP contribution in [0.5, 0.6) is 0 Å². The zero-order valence-corrected chi connectivity index (χ0v) is 13.3. The van der Waals surface area contributed by atoms with Gasteiger partial charge in [-0.05, 0) is 18.4 Å². The Bertz CT molecular complexity index is 877. The summed E-state index contributed by atoms with van der Waals surface area (Å²) in [7, 11) is 0. The van der Waals surface area contributed by atoms with Gasteiger partial charge >= 0.3 is 0 Å². The average Bonchev–Trinajstić information content (AvgIpc) is 3.27. The molecule has 6 heteroatoms. The number of nitrogens with one attached hydrogen (secondary N) is 1. The van der Waals surface area contributed by atoms with Gasteiger partial charge in [-0.25, -0.2) is 4.98 Å². The summed E-state index contributed by atoms with van der Waals surface area (Å²) in [6, 6.07) is 14.3. The summed E-state index contributed by atoms with van der Waals surface area (Å²) in [5.74, 6) is 0.717. The quantitative estimate of drug-likeness (QED) is 0.729. The van der Waals surface area contributed by atoms with Crippen molar-refractivity contribution in [1.29, 1.82) is 5.26 Å². The summed E-state index contributed by atoms with van der Waals surface area (Å²) in [4.78, 5) is 4.60. The van der Waals surface area contributed by atoms with Crippen LogP contribution in [0, 0.1) is 11.3 Å². The second-order valence-electron chi connectivity index (χ2n) is 5.51. The Morgan fingerprint density at radius 2 is 2.09 bits per heavy atom. The fourth-order valence-electron chi connectivity index (χ4n) is 2.40. The Kier molecular flexibility index (Phi) is 3.64. The molecule has 1 saturated carbocycles. The van der Waals surface area contributed by atoms with Gasteiger partial charge in [-0.3, -0.25) is 0 Å². The number of fused-ring (bicyclic) bond motifs is 1. The molecular weight excluding hydrogens is 306 g/mol. The maximum absolute atomic E-state index is 9.64. The van der Waals surface area contributed by atoms with Crippen molar-refractivity contribution >= 4 is 23.2 Å². The Morgan fingerprint density at radius 1 is 1.26 bits per heavy atom. The number of nitriles is 1. The molecule has 2 aromatic heterocycles. The van der Waals surface area contributed by atoms with Crippen molar-refractivity contribution in [3.05, 3.63) is 53.7 Å². The maximum atomic E-state index is 9.64. The van der Waals surface area contributed by atoms with E-state index < -0.39 is 0 Å². The molecule has 5 nitrogen and oxygen atoms in total. The molecule has 0 bridgehead atoms. The zero-order valence-electron chi connectivity index (χ0n) is 12.4. The standard InChI is InChI=1S/C17H15N5S/c18-10-14-16(19-11-12-4-2-1-3-5-12)22-15(8-9-20-22)21-17(14)23-13-6-7-13/h1-5,8-9,13,19H,6-7,11H2. The van der Waals surface area contributed by atoms with Crippen molar-refractivity contribution in [3.8, 4) is 6.07 Å². The molecule has 1 N–H and O–H groups in total. The minimum absolute atomic E-state index is 0.578. The van der Waals surface area contributed by atoms with Crippen molar-refractivity contribution < 1.29 is 0 Å². The molecule has 1 aromatic carbocycles. The third-order valence-electron chi connectivity index (χ3n) is 3.72. The first-order valence-electron chi connectivity index (χ1n) is 7.57. The Labute approximate surface area is 138 Å². The SMILES string of the molecule is N#Cc1c(SC2CC2)nc2ccnn2c1NCc1ccccc1. The first-order chi connectivity index (χ1) is 11.3. The molecule has 0 radical (unpaired) electrons. The molecule has 3 aromatic rings. The summed E-state index contributed by atoms with van der Waals surface area (Å²) >= 11 is 1.70. The van der Waals surface area contributed by atoms with Gasteiger partial charge in [0.2, 0.25) is 0 Å². The van der Waals surface area contributed by atoms with E-state index in [0.29, 0.717) is 17.4 Å². The lowest BCUT2D eigenvalue weighted by Crippen LogP contribution is -2.09. The molecule has 0 atom stereocenters. The normalized spacial score (nSPS) is 13.9. The number of nitrogens with zero attached hydrogens (tertiary/aromatic N) is 4. The highest BCUT2D eigenvalue weighted by Gasteiger charge is 2.26. The molecule has 0 unspecified atom stereocenters.